The highest BCUT2D eigenvalue weighted by Crippen LogP contribution is 2.24. The van der Waals surface area contributed by atoms with Crippen LogP contribution in [-0.2, 0) is 0 Å². The fourth-order valence-electron chi connectivity index (χ4n) is 2.77. The first-order chi connectivity index (χ1) is 10.2. The van der Waals surface area contributed by atoms with Crippen molar-refractivity contribution in [2.24, 2.45) is 0 Å². The van der Waals surface area contributed by atoms with Crippen LogP contribution in [0.25, 0.3) is 11.1 Å². The van der Waals surface area contributed by atoms with Crippen LogP contribution in [-0.4, -0.2) is 29.0 Å². The molecule has 3 heteroatoms. The molecule has 0 atom stereocenters. The SMILES string of the molecule is O=C(c1ccc(-c2cccc(O)c2)cc1)N1CCCCC1. The van der Waals surface area contributed by atoms with Gasteiger partial charge in [0.1, 0.15) is 5.75 Å². The Bertz CT molecular complexity index is 628. The van der Waals surface area contributed by atoms with E-state index in [1.807, 2.05) is 41.3 Å². The predicted octanol–water partition coefficient (Wildman–Crippen LogP) is 3.69. The van der Waals surface area contributed by atoms with Crippen molar-refractivity contribution in [3.05, 3.63) is 54.1 Å². The van der Waals surface area contributed by atoms with E-state index in [-0.39, 0.29) is 11.7 Å². The van der Waals surface area contributed by atoms with Crippen LogP contribution in [0.3, 0.4) is 0 Å². The van der Waals surface area contributed by atoms with E-state index < -0.39 is 0 Å². The van der Waals surface area contributed by atoms with Crippen LogP contribution >= 0.6 is 0 Å². The molecule has 1 N–H and O–H groups in total. The van der Waals surface area contributed by atoms with Crippen LogP contribution in [0, 0.1) is 0 Å². The highest BCUT2D eigenvalue weighted by atomic mass is 16.3. The third kappa shape index (κ3) is 3.07. The van der Waals surface area contributed by atoms with Crippen LogP contribution in [0.2, 0.25) is 0 Å². The van der Waals surface area contributed by atoms with Gasteiger partial charge in [0.15, 0.2) is 0 Å². The van der Waals surface area contributed by atoms with Crippen molar-refractivity contribution >= 4 is 5.91 Å². The van der Waals surface area contributed by atoms with E-state index in [9.17, 15) is 9.90 Å². The topological polar surface area (TPSA) is 40.5 Å². The number of carbonyl (C=O) groups is 1. The van der Waals surface area contributed by atoms with Gasteiger partial charge in [-0.3, -0.25) is 4.79 Å². The van der Waals surface area contributed by atoms with Crippen molar-refractivity contribution in [1.82, 2.24) is 4.90 Å². The van der Waals surface area contributed by atoms with E-state index in [4.69, 9.17) is 0 Å². The molecule has 108 valence electrons. The van der Waals surface area contributed by atoms with Crippen LogP contribution < -0.4 is 0 Å². The summed E-state index contributed by atoms with van der Waals surface area (Å²) in [5.41, 5.74) is 2.69. The Kier molecular flexibility index (Phi) is 3.91. The minimum absolute atomic E-state index is 0.122. The van der Waals surface area contributed by atoms with Gasteiger partial charge in [0.05, 0.1) is 0 Å². The van der Waals surface area contributed by atoms with Crippen molar-refractivity contribution in [1.29, 1.82) is 0 Å². The Morgan fingerprint density at radius 3 is 2.29 bits per heavy atom. The van der Waals surface area contributed by atoms with Crippen LogP contribution in [0.15, 0.2) is 48.5 Å². The second-order valence-corrected chi connectivity index (χ2v) is 5.48. The Morgan fingerprint density at radius 2 is 1.62 bits per heavy atom. The summed E-state index contributed by atoms with van der Waals surface area (Å²) in [5.74, 6) is 0.373. The molecule has 21 heavy (non-hydrogen) atoms. The van der Waals surface area contributed by atoms with Crippen LogP contribution in [0.4, 0.5) is 0 Å². The van der Waals surface area contributed by atoms with E-state index in [1.165, 1.54) is 6.42 Å². The minimum atomic E-state index is 0.122. The maximum absolute atomic E-state index is 12.4. The Balaban J connectivity index is 1.79. The summed E-state index contributed by atoms with van der Waals surface area (Å²) < 4.78 is 0. The van der Waals surface area contributed by atoms with E-state index in [2.05, 4.69) is 0 Å². The molecule has 0 spiro atoms. The second-order valence-electron chi connectivity index (χ2n) is 5.48. The molecule has 1 aliphatic heterocycles. The number of benzene rings is 2. The van der Waals surface area contributed by atoms with E-state index in [0.29, 0.717) is 0 Å². The molecule has 0 bridgehead atoms. The van der Waals surface area contributed by atoms with Crippen LogP contribution in [0.1, 0.15) is 29.6 Å². The van der Waals surface area contributed by atoms with Gasteiger partial charge in [-0.1, -0.05) is 24.3 Å². The number of aromatic hydroxyl groups is 1. The van der Waals surface area contributed by atoms with Gasteiger partial charge in [-0.15, -0.1) is 0 Å². The maximum Gasteiger partial charge on any atom is 0.253 e. The number of rotatable bonds is 2. The molecule has 1 amide bonds. The fourth-order valence-corrected chi connectivity index (χ4v) is 2.77. The van der Waals surface area contributed by atoms with Crippen LogP contribution in [0.5, 0.6) is 5.75 Å². The largest absolute Gasteiger partial charge is 0.508 e. The molecule has 3 nitrogen and oxygen atoms in total. The number of amides is 1. The number of nitrogens with zero attached hydrogens (tertiary/aromatic N) is 1. The fraction of sp³-hybridized carbons (Fsp3) is 0.278. The van der Waals surface area contributed by atoms with Gasteiger partial charge in [-0.25, -0.2) is 0 Å². The number of phenols is 1. The summed E-state index contributed by atoms with van der Waals surface area (Å²) >= 11 is 0. The molecule has 1 aliphatic rings. The number of likely N-dealkylation sites (tertiary alicyclic amines) is 1. The normalized spacial score (nSPS) is 15.0. The minimum Gasteiger partial charge on any atom is -0.508 e. The number of carbonyl (C=O) groups excluding carboxylic acids is 1. The zero-order chi connectivity index (χ0) is 14.7. The van der Waals surface area contributed by atoms with E-state index in [0.717, 1.165) is 42.6 Å². The number of hydrogen-bond acceptors (Lipinski definition) is 2. The number of hydrogen-bond donors (Lipinski definition) is 1. The molecule has 0 unspecified atom stereocenters. The zero-order valence-electron chi connectivity index (χ0n) is 12.0. The molecule has 0 saturated carbocycles. The van der Waals surface area contributed by atoms with Gasteiger partial charge in [0.25, 0.3) is 5.91 Å². The third-order valence-corrected chi connectivity index (χ3v) is 3.95. The molecule has 3 rings (SSSR count). The summed E-state index contributed by atoms with van der Waals surface area (Å²) in [5, 5.41) is 9.53. The van der Waals surface area contributed by atoms with Crippen molar-refractivity contribution in [3.63, 3.8) is 0 Å². The highest BCUT2D eigenvalue weighted by molar-refractivity contribution is 5.94. The molecule has 1 saturated heterocycles. The van der Waals surface area contributed by atoms with Gasteiger partial charge in [0, 0.05) is 18.7 Å². The molecular formula is C18H19NO2. The number of piperidine rings is 1. The Labute approximate surface area is 124 Å². The lowest BCUT2D eigenvalue weighted by Gasteiger charge is -2.26. The maximum atomic E-state index is 12.4. The monoisotopic (exact) mass is 281 g/mol. The average Bonchev–Trinajstić information content (AvgIpc) is 2.55. The first-order valence-electron chi connectivity index (χ1n) is 7.43. The molecule has 2 aromatic carbocycles. The van der Waals surface area contributed by atoms with Gasteiger partial charge in [0.2, 0.25) is 0 Å². The molecular weight excluding hydrogens is 262 g/mol. The lowest BCUT2D eigenvalue weighted by molar-refractivity contribution is 0.0724. The average molecular weight is 281 g/mol. The Morgan fingerprint density at radius 1 is 0.905 bits per heavy atom. The smallest absolute Gasteiger partial charge is 0.253 e. The Hall–Kier alpha value is -2.29. The molecule has 0 aliphatic carbocycles. The highest BCUT2D eigenvalue weighted by Gasteiger charge is 2.17. The molecule has 2 aromatic rings. The third-order valence-electron chi connectivity index (χ3n) is 3.95. The van der Waals surface area contributed by atoms with Crippen molar-refractivity contribution in [2.45, 2.75) is 19.3 Å². The molecule has 1 heterocycles. The van der Waals surface area contributed by atoms with Crippen molar-refractivity contribution in [2.75, 3.05) is 13.1 Å². The van der Waals surface area contributed by atoms with Crippen molar-refractivity contribution in [3.8, 4) is 16.9 Å². The van der Waals surface area contributed by atoms with Gasteiger partial charge < -0.3 is 10.0 Å². The second kappa shape index (κ2) is 6.00. The zero-order valence-corrected chi connectivity index (χ0v) is 12.0. The summed E-state index contributed by atoms with van der Waals surface area (Å²) in [4.78, 5) is 14.3. The standard InChI is InChI=1S/C18H19NO2/c20-17-6-4-5-16(13-17)14-7-9-15(10-8-14)18(21)19-11-2-1-3-12-19/h4-10,13,20H,1-3,11-12H2. The van der Waals surface area contributed by atoms with Gasteiger partial charge in [-0.05, 0) is 54.7 Å². The summed E-state index contributed by atoms with van der Waals surface area (Å²) in [6.07, 6.45) is 3.43. The molecule has 0 aromatic heterocycles. The first-order valence-corrected chi connectivity index (χ1v) is 7.43. The summed E-state index contributed by atoms with van der Waals surface area (Å²) in [6, 6.07) is 14.8. The lowest BCUT2D eigenvalue weighted by atomic mass is 10.0. The lowest BCUT2D eigenvalue weighted by Crippen LogP contribution is -2.35. The summed E-state index contributed by atoms with van der Waals surface area (Å²) in [7, 11) is 0. The van der Waals surface area contributed by atoms with E-state index >= 15 is 0 Å². The quantitative estimate of drug-likeness (QED) is 0.912. The van der Waals surface area contributed by atoms with Gasteiger partial charge in [-0.2, -0.15) is 0 Å². The first kappa shape index (κ1) is 13.7. The summed E-state index contributed by atoms with van der Waals surface area (Å²) in [6.45, 7) is 1.74. The predicted molar refractivity (Wildman–Crippen MR) is 83.3 cm³/mol. The molecule has 1 fully saturated rings. The van der Waals surface area contributed by atoms with E-state index in [1.54, 1.807) is 12.1 Å². The van der Waals surface area contributed by atoms with Gasteiger partial charge >= 0.3 is 0 Å². The number of phenolic OH excluding ortho intramolecular Hbond substituents is 1. The molecule has 0 radical (unpaired) electrons. The van der Waals surface area contributed by atoms with Crippen molar-refractivity contribution < 1.29 is 9.90 Å².